The molecule has 10 nitrogen and oxygen atoms in total. The fourth-order valence-corrected chi connectivity index (χ4v) is 17.4. The molecule has 8 aliphatic rings. The number of aromatic amines is 1. The molecule has 1 aromatic carbocycles. The Kier molecular flexibility index (Phi) is 10.4. The number of H-pyrrole nitrogens is 1. The number of rotatable bonds is 7. The molecule has 2 saturated heterocycles. The van der Waals surface area contributed by atoms with Crippen molar-refractivity contribution in [1.29, 1.82) is 0 Å². The highest BCUT2D eigenvalue weighted by atomic mass is 16.6. The molecule has 0 radical (unpaired) electrons. The number of aryl methyl sites for hydroxylation is 2. The summed E-state index contributed by atoms with van der Waals surface area (Å²) in [5, 5.41) is 41.2. The summed E-state index contributed by atoms with van der Waals surface area (Å²) in [7, 11) is 2.04. The van der Waals surface area contributed by atoms with E-state index >= 15 is 4.79 Å². The lowest BCUT2D eigenvalue weighted by Crippen LogP contribution is -2.69. The van der Waals surface area contributed by atoms with Crippen molar-refractivity contribution in [3.63, 3.8) is 0 Å². The molecule has 3 aromatic rings. The number of aliphatic hydroxyl groups excluding tert-OH is 2. The number of nitrogens with one attached hydrogen (secondary N) is 2. The van der Waals surface area contributed by atoms with E-state index in [4.69, 9.17) is 9.47 Å². The van der Waals surface area contributed by atoms with Crippen LogP contribution in [-0.4, -0.2) is 86.7 Å². The van der Waals surface area contributed by atoms with Gasteiger partial charge in [-0.25, -0.2) is 0 Å². The molecule has 6 fully saturated rings. The predicted octanol–water partition coefficient (Wildman–Crippen LogP) is 8.56. The first-order chi connectivity index (χ1) is 31.2. The zero-order valence-electron chi connectivity index (χ0n) is 41.1. The largest absolute Gasteiger partial charge is 0.392 e. The molecule has 3 aliphatic heterocycles. The molecular formula is C56H77N3O7. The Morgan fingerprint density at radius 1 is 0.970 bits per heavy atom. The third kappa shape index (κ3) is 6.46. The minimum Gasteiger partial charge on any atom is -0.392 e. The second kappa shape index (κ2) is 15.2. The molecule has 4 saturated carbocycles. The van der Waals surface area contributed by atoms with Crippen LogP contribution in [0.25, 0.3) is 11.0 Å². The number of epoxide rings is 1. The number of ketones is 2. The number of allylic oxidation sites excluding steroid dienone is 1. The van der Waals surface area contributed by atoms with Crippen LogP contribution in [0.1, 0.15) is 153 Å². The van der Waals surface area contributed by atoms with Gasteiger partial charge in [0.15, 0.2) is 5.78 Å². The Hall–Kier alpha value is -3.12. The van der Waals surface area contributed by atoms with E-state index in [1.807, 2.05) is 20.9 Å². The maximum Gasteiger partial charge on any atom is 0.160 e. The van der Waals surface area contributed by atoms with Crippen LogP contribution in [0.2, 0.25) is 0 Å². The Labute approximate surface area is 392 Å². The van der Waals surface area contributed by atoms with Gasteiger partial charge in [-0.05, 0) is 142 Å². The number of Topliss-reactive ketones (excluding diaryl/α,β-unsaturated/α-hetero) is 2. The van der Waals surface area contributed by atoms with Crippen LogP contribution >= 0.6 is 0 Å². The number of fused-ring (bicyclic) bond motifs is 5. The number of hydrogen-bond donors (Lipinski definition) is 5. The van der Waals surface area contributed by atoms with Crippen molar-refractivity contribution in [3.05, 3.63) is 69.6 Å². The molecule has 66 heavy (non-hydrogen) atoms. The first-order valence-electron chi connectivity index (χ1n) is 25.8. The van der Waals surface area contributed by atoms with Gasteiger partial charge in [0.25, 0.3) is 0 Å². The van der Waals surface area contributed by atoms with E-state index in [1.54, 1.807) is 0 Å². The first kappa shape index (κ1) is 45.3. The van der Waals surface area contributed by atoms with Crippen molar-refractivity contribution in [2.75, 3.05) is 20.3 Å². The minimum absolute atomic E-state index is 0.118. The van der Waals surface area contributed by atoms with Crippen molar-refractivity contribution >= 4 is 22.6 Å². The summed E-state index contributed by atoms with van der Waals surface area (Å²) in [6, 6.07) is 6.86. The summed E-state index contributed by atoms with van der Waals surface area (Å²) in [6.07, 6.45) is 13.8. The molecule has 2 aromatic heterocycles. The van der Waals surface area contributed by atoms with E-state index < -0.39 is 45.1 Å². The lowest BCUT2D eigenvalue weighted by Gasteiger charge is -2.71. The van der Waals surface area contributed by atoms with Crippen molar-refractivity contribution in [3.8, 4) is 0 Å². The zero-order chi connectivity index (χ0) is 46.6. The fraction of sp³-hybridized carbons (Fsp3) is 0.714. The molecule has 12 atom stereocenters. The van der Waals surface area contributed by atoms with Crippen molar-refractivity contribution in [2.45, 2.75) is 187 Å². The molecule has 5 heterocycles. The van der Waals surface area contributed by atoms with Gasteiger partial charge in [-0.3, -0.25) is 9.59 Å². The monoisotopic (exact) mass is 904 g/mol. The third-order valence-corrected chi connectivity index (χ3v) is 20.7. The number of ether oxygens (including phenoxy) is 2. The highest BCUT2D eigenvalue weighted by Gasteiger charge is 2.73. The van der Waals surface area contributed by atoms with Crippen LogP contribution in [-0.2, 0) is 44.1 Å². The van der Waals surface area contributed by atoms with Gasteiger partial charge in [0.1, 0.15) is 11.9 Å². The van der Waals surface area contributed by atoms with Gasteiger partial charge in [0, 0.05) is 92.6 Å². The number of benzene rings is 1. The van der Waals surface area contributed by atoms with Crippen LogP contribution in [0.15, 0.2) is 41.7 Å². The number of aromatic nitrogens is 2. The average molecular weight is 904 g/mol. The van der Waals surface area contributed by atoms with Crippen molar-refractivity contribution in [2.24, 2.45) is 44.8 Å². The van der Waals surface area contributed by atoms with Gasteiger partial charge in [-0.15, -0.1) is 0 Å². The predicted molar refractivity (Wildman–Crippen MR) is 255 cm³/mol. The highest BCUT2D eigenvalue weighted by molar-refractivity contribution is 6.02. The molecule has 5 N–H and O–H groups in total. The Bertz CT molecular complexity index is 2510. The van der Waals surface area contributed by atoms with Gasteiger partial charge in [-0.1, -0.05) is 57.9 Å². The van der Waals surface area contributed by atoms with Crippen molar-refractivity contribution < 1.29 is 34.4 Å². The van der Waals surface area contributed by atoms with Crippen LogP contribution in [0.5, 0.6) is 0 Å². The first-order valence-corrected chi connectivity index (χ1v) is 25.8. The second-order valence-corrected chi connectivity index (χ2v) is 24.8. The molecule has 0 amide bonds. The topological polar surface area (TPSA) is 149 Å². The van der Waals surface area contributed by atoms with E-state index in [2.05, 4.69) is 80.1 Å². The van der Waals surface area contributed by atoms with Crippen LogP contribution in [0.3, 0.4) is 0 Å². The summed E-state index contributed by atoms with van der Waals surface area (Å²) in [6.45, 7) is 17.2. The average Bonchev–Trinajstić information content (AvgIpc) is 3.50. The smallest absolute Gasteiger partial charge is 0.160 e. The van der Waals surface area contributed by atoms with Gasteiger partial charge >= 0.3 is 0 Å². The lowest BCUT2D eigenvalue weighted by atomic mass is 9.33. The maximum atomic E-state index is 15.4. The molecule has 0 unspecified atom stereocenters. The number of nitrogens with zero attached hydrogens (tertiary/aromatic N) is 1. The summed E-state index contributed by atoms with van der Waals surface area (Å²) >= 11 is 0. The Morgan fingerprint density at radius 3 is 2.45 bits per heavy atom. The Morgan fingerprint density at radius 2 is 1.73 bits per heavy atom. The quantitative estimate of drug-likeness (QED) is 0.148. The second-order valence-electron chi connectivity index (χ2n) is 24.8. The fourth-order valence-electron chi connectivity index (χ4n) is 17.4. The number of hydrogen-bond acceptors (Lipinski definition) is 8. The van der Waals surface area contributed by atoms with E-state index in [0.29, 0.717) is 76.5 Å². The molecule has 10 heteroatoms. The summed E-state index contributed by atoms with van der Waals surface area (Å²) in [5.74, 6) is 0.316. The van der Waals surface area contributed by atoms with E-state index in [0.717, 1.165) is 90.2 Å². The lowest BCUT2D eigenvalue weighted by molar-refractivity contribution is -0.227. The number of carbonyl (C=O) groups is 2. The van der Waals surface area contributed by atoms with Crippen LogP contribution in [0, 0.1) is 51.8 Å². The molecule has 358 valence electrons. The van der Waals surface area contributed by atoms with Crippen molar-refractivity contribution in [1.82, 2.24) is 14.9 Å². The molecular weight excluding hydrogens is 827 g/mol. The normalized spacial score (nSPS) is 40.8. The van der Waals surface area contributed by atoms with Gasteiger partial charge in [-0.2, -0.15) is 0 Å². The summed E-state index contributed by atoms with van der Waals surface area (Å²) in [4.78, 5) is 33.6. The Balaban J connectivity index is 1.06. The van der Waals surface area contributed by atoms with Gasteiger partial charge < -0.3 is 39.7 Å². The standard InChI is InChI=1S/C56H77N3O7/c1-32-22-33(25-36(23-32)56(64)18-20-65-21-19-56)24-35-30-59-31-38-43-44(51(4,27-40(61)49-50(2,3)66-49)15-11-34-29-58-45(35)46(34)59)39(60)28-54(43,7)53(6)17-12-41-52(5,48(53)47(38)63)16-13-42(62)55(41)14-9-10-37(26-55)57-8/h22-23,25,29-30,37-38,40-41,47-49,57-58,61,63-64H,9-21,24,26-28,31H2,1-8H3/t37-,38+,40-,41-,47-,48-,49-,51+,52-,53+,54+,55+/m1/s1. The zero-order valence-corrected chi connectivity index (χ0v) is 41.1. The summed E-state index contributed by atoms with van der Waals surface area (Å²) in [5.41, 5.74) is 6.23. The summed E-state index contributed by atoms with van der Waals surface area (Å²) < 4.78 is 14.1. The number of aliphatic hydroxyl groups is 3. The maximum absolute atomic E-state index is 15.4. The molecule has 1 spiro atoms. The molecule has 5 aliphatic carbocycles. The van der Waals surface area contributed by atoms with Gasteiger partial charge in [0.2, 0.25) is 0 Å². The SMILES string of the molecule is CN[C@@H]1CCC[C@@]2(C1)C(=O)CC[C@@]1(C)[C@H]3[C@H](O)[C@H]4Cn5cc(Cc6cc(C)cc(C7(O)CCOCC7)c6)c6[nH]cc(c65)CC[C@@](C)(C[C@@H](O)[C@H]5OC5(C)C)C5=C4[C@](C)(CC5=O)[C@@]3(C)CC[C@@H]21. The third-order valence-electron chi connectivity index (χ3n) is 20.7. The van der Waals surface area contributed by atoms with E-state index in [1.165, 1.54) is 11.1 Å². The highest BCUT2D eigenvalue weighted by Crippen LogP contribution is 2.76. The van der Waals surface area contributed by atoms with Gasteiger partial charge in [0.05, 0.1) is 34.4 Å². The van der Waals surface area contributed by atoms with E-state index in [-0.39, 0.29) is 35.1 Å². The van der Waals surface area contributed by atoms with Crippen LogP contribution in [0.4, 0.5) is 0 Å². The molecule has 11 rings (SSSR count). The van der Waals surface area contributed by atoms with E-state index in [9.17, 15) is 20.1 Å². The number of carbonyl (C=O) groups excluding carboxylic acids is 2. The molecule has 0 bridgehead atoms. The minimum atomic E-state index is -0.912. The van der Waals surface area contributed by atoms with Crippen LogP contribution < -0.4 is 5.32 Å².